The number of halogens is 3. The molecule has 0 heterocycles. The SMILES string of the molecule is CCC(=O)c1c(C)cccc1SC(F)(F)F. The Morgan fingerprint density at radius 3 is 2.50 bits per heavy atom. The van der Waals surface area contributed by atoms with E-state index < -0.39 is 5.51 Å². The Kier molecular flexibility index (Phi) is 4.02. The van der Waals surface area contributed by atoms with Crippen LogP contribution >= 0.6 is 11.8 Å². The molecule has 0 N–H and O–H groups in total. The molecule has 16 heavy (non-hydrogen) atoms. The molecule has 1 aromatic carbocycles. The van der Waals surface area contributed by atoms with Crippen molar-refractivity contribution in [2.24, 2.45) is 0 Å². The molecule has 0 fully saturated rings. The molecule has 0 spiro atoms. The van der Waals surface area contributed by atoms with Crippen molar-refractivity contribution in [2.75, 3.05) is 0 Å². The van der Waals surface area contributed by atoms with Crippen LogP contribution in [0.2, 0.25) is 0 Å². The Balaban J connectivity index is 3.18. The number of ketones is 1. The van der Waals surface area contributed by atoms with Gasteiger partial charge >= 0.3 is 5.51 Å². The fourth-order valence-electron chi connectivity index (χ4n) is 1.38. The maximum atomic E-state index is 12.3. The molecule has 0 saturated heterocycles. The highest BCUT2D eigenvalue weighted by atomic mass is 32.2. The molecule has 0 aromatic heterocycles. The van der Waals surface area contributed by atoms with E-state index in [2.05, 4.69) is 0 Å². The van der Waals surface area contributed by atoms with Gasteiger partial charge in [0, 0.05) is 16.9 Å². The molecule has 0 aliphatic carbocycles. The zero-order chi connectivity index (χ0) is 12.3. The van der Waals surface area contributed by atoms with Crippen LogP contribution in [0.5, 0.6) is 0 Å². The summed E-state index contributed by atoms with van der Waals surface area (Å²) >= 11 is -0.236. The van der Waals surface area contributed by atoms with Gasteiger partial charge in [0.05, 0.1) is 0 Å². The van der Waals surface area contributed by atoms with E-state index in [-0.39, 0.29) is 34.4 Å². The summed E-state index contributed by atoms with van der Waals surface area (Å²) in [6, 6.07) is 4.49. The predicted molar refractivity (Wildman–Crippen MR) is 57.7 cm³/mol. The first kappa shape index (κ1) is 13.1. The summed E-state index contributed by atoms with van der Waals surface area (Å²) in [6.07, 6.45) is 0.205. The second-order valence-electron chi connectivity index (χ2n) is 3.27. The van der Waals surface area contributed by atoms with Gasteiger partial charge in [0.25, 0.3) is 0 Å². The van der Waals surface area contributed by atoms with Crippen molar-refractivity contribution in [1.29, 1.82) is 0 Å². The Labute approximate surface area is 96.0 Å². The molecule has 88 valence electrons. The first-order valence-electron chi connectivity index (χ1n) is 4.73. The van der Waals surface area contributed by atoms with Crippen LogP contribution in [-0.4, -0.2) is 11.3 Å². The molecule has 0 atom stereocenters. The van der Waals surface area contributed by atoms with E-state index in [0.29, 0.717) is 5.56 Å². The minimum absolute atomic E-state index is 0.0145. The number of rotatable bonds is 3. The Morgan fingerprint density at radius 1 is 1.38 bits per heavy atom. The van der Waals surface area contributed by atoms with E-state index in [1.165, 1.54) is 12.1 Å². The van der Waals surface area contributed by atoms with Gasteiger partial charge in [-0.15, -0.1) is 0 Å². The number of alkyl halides is 3. The summed E-state index contributed by atoms with van der Waals surface area (Å²) < 4.78 is 36.8. The molecular weight excluding hydrogens is 237 g/mol. The summed E-state index contributed by atoms with van der Waals surface area (Å²) in [7, 11) is 0. The van der Waals surface area contributed by atoms with E-state index in [4.69, 9.17) is 0 Å². The fraction of sp³-hybridized carbons (Fsp3) is 0.364. The van der Waals surface area contributed by atoms with E-state index >= 15 is 0 Å². The first-order chi connectivity index (χ1) is 7.35. The van der Waals surface area contributed by atoms with Gasteiger partial charge in [-0.3, -0.25) is 4.79 Å². The van der Waals surface area contributed by atoms with Gasteiger partial charge in [-0.1, -0.05) is 19.1 Å². The topological polar surface area (TPSA) is 17.1 Å². The number of carbonyl (C=O) groups excluding carboxylic acids is 1. The smallest absolute Gasteiger partial charge is 0.294 e. The third-order valence-electron chi connectivity index (χ3n) is 2.06. The van der Waals surface area contributed by atoms with Gasteiger partial charge in [-0.2, -0.15) is 13.2 Å². The average molecular weight is 248 g/mol. The number of Topliss-reactive ketones (excluding diaryl/α,β-unsaturated/α-hetero) is 1. The van der Waals surface area contributed by atoms with Crippen molar-refractivity contribution < 1.29 is 18.0 Å². The van der Waals surface area contributed by atoms with Crippen molar-refractivity contribution in [3.05, 3.63) is 29.3 Å². The minimum Gasteiger partial charge on any atom is -0.294 e. The zero-order valence-corrected chi connectivity index (χ0v) is 9.71. The maximum absolute atomic E-state index is 12.3. The monoisotopic (exact) mass is 248 g/mol. The number of thioether (sulfide) groups is 1. The molecule has 0 unspecified atom stereocenters. The molecular formula is C11H11F3OS. The average Bonchev–Trinajstić information content (AvgIpc) is 2.14. The largest absolute Gasteiger partial charge is 0.446 e. The van der Waals surface area contributed by atoms with Gasteiger partial charge in [-0.25, -0.2) is 0 Å². The summed E-state index contributed by atoms with van der Waals surface area (Å²) in [5.74, 6) is -0.259. The van der Waals surface area contributed by atoms with Crippen LogP contribution in [0.1, 0.15) is 29.3 Å². The predicted octanol–water partition coefficient (Wildman–Crippen LogP) is 4.20. The maximum Gasteiger partial charge on any atom is 0.446 e. The minimum atomic E-state index is -4.36. The van der Waals surface area contributed by atoms with E-state index in [1.54, 1.807) is 19.9 Å². The quantitative estimate of drug-likeness (QED) is 0.589. The number of benzene rings is 1. The van der Waals surface area contributed by atoms with Gasteiger partial charge in [-0.05, 0) is 30.3 Å². The van der Waals surface area contributed by atoms with Crippen molar-refractivity contribution >= 4 is 17.5 Å². The summed E-state index contributed by atoms with van der Waals surface area (Å²) in [6.45, 7) is 3.28. The lowest BCUT2D eigenvalue weighted by molar-refractivity contribution is -0.0328. The van der Waals surface area contributed by atoms with E-state index in [9.17, 15) is 18.0 Å². The lowest BCUT2D eigenvalue weighted by atomic mass is 10.0. The third-order valence-corrected chi connectivity index (χ3v) is 2.85. The van der Waals surface area contributed by atoms with Crippen molar-refractivity contribution in [3.8, 4) is 0 Å². The second kappa shape index (κ2) is 4.91. The van der Waals surface area contributed by atoms with Crippen molar-refractivity contribution in [3.63, 3.8) is 0 Å². The van der Waals surface area contributed by atoms with E-state index in [0.717, 1.165) is 0 Å². The highest BCUT2D eigenvalue weighted by molar-refractivity contribution is 8.00. The normalized spacial score (nSPS) is 11.6. The Morgan fingerprint density at radius 2 is 2.00 bits per heavy atom. The molecule has 1 rings (SSSR count). The van der Waals surface area contributed by atoms with Gasteiger partial charge in [0.1, 0.15) is 0 Å². The molecule has 0 radical (unpaired) electrons. The molecule has 5 heteroatoms. The molecule has 0 bridgehead atoms. The van der Waals surface area contributed by atoms with Crippen molar-refractivity contribution in [2.45, 2.75) is 30.7 Å². The lowest BCUT2D eigenvalue weighted by Crippen LogP contribution is -2.06. The molecule has 0 aliphatic heterocycles. The van der Waals surface area contributed by atoms with Crippen LogP contribution < -0.4 is 0 Å². The Hall–Kier alpha value is -0.970. The highest BCUT2D eigenvalue weighted by Crippen LogP contribution is 2.39. The van der Waals surface area contributed by atoms with Gasteiger partial charge < -0.3 is 0 Å². The molecule has 1 nitrogen and oxygen atoms in total. The van der Waals surface area contributed by atoms with Crippen molar-refractivity contribution in [1.82, 2.24) is 0 Å². The second-order valence-corrected chi connectivity index (χ2v) is 4.38. The van der Waals surface area contributed by atoms with E-state index in [1.807, 2.05) is 0 Å². The molecule has 0 amide bonds. The zero-order valence-electron chi connectivity index (χ0n) is 8.89. The molecule has 0 saturated carbocycles. The standard InChI is InChI=1S/C11H11F3OS/c1-3-8(15)10-7(2)5-4-6-9(10)16-11(12,13)14/h4-6H,3H2,1-2H3. The van der Waals surface area contributed by atoms with Crippen LogP contribution in [0, 0.1) is 6.92 Å². The fourth-order valence-corrected chi connectivity index (χ4v) is 2.16. The van der Waals surface area contributed by atoms with Crippen LogP contribution in [0.25, 0.3) is 0 Å². The highest BCUT2D eigenvalue weighted by Gasteiger charge is 2.31. The molecule has 0 aliphatic rings. The summed E-state index contributed by atoms with van der Waals surface area (Å²) in [5.41, 5.74) is -3.59. The first-order valence-corrected chi connectivity index (χ1v) is 5.55. The summed E-state index contributed by atoms with van der Waals surface area (Å²) in [4.78, 5) is 11.5. The van der Waals surface area contributed by atoms with Crippen LogP contribution in [0.3, 0.4) is 0 Å². The van der Waals surface area contributed by atoms with Crippen LogP contribution in [-0.2, 0) is 0 Å². The number of hydrogen-bond donors (Lipinski definition) is 0. The van der Waals surface area contributed by atoms with Crippen LogP contribution in [0.4, 0.5) is 13.2 Å². The number of aryl methyl sites for hydroxylation is 1. The summed E-state index contributed by atoms with van der Waals surface area (Å²) in [5, 5.41) is 0. The van der Waals surface area contributed by atoms with Gasteiger partial charge in [0.2, 0.25) is 0 Å². The number of carbonyl (C=O) groups is 1. The lowest BCUT2D eigenvalue weighted by Gasteiger charge is -2.11. The number of hydrogen-bond acceptors (Lipinski definition) is 2. The molecule has 1 aromatic rings. The third kappa shape index (κ3) is 3.27. The van der Waals surface area contributed by atoms with Gasteiger partial charge in [0.15, 0.2) is 5.78 Å². The Bertz CT molecular complexity index is 399. The van der Waals surface area contributed by atoms with Crippen LogP contribution in [0.15, 0.2) is 23.1 Å².